The van der Waals surface area contributed by atoms with Crippen molar-refractivity contribution in [2.75, 3.05) is 6.61 Å². The minimum absolute atomic E-state index is 0.455. The molecular formula is C12H16O2. The summed E-state index contributed by atoms with van der Waals surface area (Å²) in [5, 5.41) is 9.35. The van der Waals surface area contributed by atoms with E-state index >= 15 is 0 Å². The Morgan fingerprint density at radius 3 is 2.86 bits per heavy atom. The molecule has 76 valence electrons. The van der Waals surface area contributed by atoms with Crippen LogP contribution in [-0.2, 0) is 0 Å². The van der Waals surface area contributed by atoms with Crippen LogP contribution in [0.2, 0.25) is 0 Å². The summed E-state index contributed by atoms with van der Waals surface area (Å²) in [6.07, 6.45) is -0.455. The summed E-state index contributed by atoms with van der Waals surface area (Å²) < 4.78 is 5.45. The zero-order chi connectivity index (χ0) is 10.6. The first-order valence-electron chi connectivity index (χ1n) is 4.65. The second-order valence-corrected chi connectivity index (χ2v) is 3.49. The molecule has 0 aromatic heterocycles. The van der Waals surface area contributed by atoms with Gasteiger partial charge in [0.1, 0.15) is 12.4 Å². The molecule has 0 heterocycles. The van der Waals surface area contributed by atoms with Gasteiger partial charge in [0.05, 0.1) is 6.10 Å². The number of aliphatic hydroxyl groups is 1. The lowest BCUT2D eigenvalue weighted by Crippen LogP contribution is -1.98. The Morgan fingerprint density at radius 1 is 1.57 bits per heavy atom. The maximum Gasteiger partial charge on any atom is 0.120 e. The van der Waals surface area contributed by atoms with Gasteiger partial charge in [-0.1, -0.05) is 18.7 Å². The van der Waals surface area contributed by atoms with E-state index in [-0.39, 0.29) is 0 Å². The summed E-state index contributed by atoms with van der Waals surface area (Å²) in [5.41, 5.74) is 1.84. The van der Waals surface area contributed by atoms with Crippen molar-refractivity contribution in [3.63, 3.8) is 0 Å². The van der Waals surface area contributed by atoms with Crippen LogP contribution in [0.15, 0.2) is 36.4 Å². The lowest BCUT2D eigenvalue weighted by Gasteiger charge is -2.09. The van der Waals surface area contributed by atoms with Crippen LogP contribution < -0.4 is 4.74 Å². The molecule has 1 aromatic carbocycles. The van der Waals surface area contributed by atoms with Crippen molar-refractivity contribution in [1.82, 2.24) is 0 Å². The largest absolute Gasteiger partial charge is 0.489 e. The van der Waals surface area contributed by atoms with E-state index in [1.807, 2.05) is 31.2 Å². The Morgan fingerprint density at radius 2 is 2.29 bits per heavy atom. The smallest absolute Gasteiger partial charge is 0.120 e. The van der Waals surface area contributed by atoms with Crippen molar-refractivity contribution in [3.8, 4) is 5.75 Å². The van der Waals surface area contributed by atoms with Crippen LogP contribution in [-0.4, -0.2) is 11.7 Å². The fourth-order valence-electron chi connectivity index (χ4n) is 1.07. The van der Waals surface area contributed by atoms with Gasteiger partial charge in [-0.05, 0) is 37.1 Å². The first-order chi connectivity index (χ1) is 6.59. The van der Waals surface area contributed by atoms with Gasteiger partial charge in [-0.15, -0.1) is 0 Å². The predicted molar refractivity (Wildman–Crippen MR) is 57.4 cm³/mol. The molecule has 0 fully saturated rings. The first-order valence-corrected chi connectivity index (χ1v) is 4.65. The number of rotatable bonds is 4. The van der Waals surface area contributed by atoms with E-state index in [0.29, 0.717) is 6.61 Å². The second-order valence-electron chi connectivity index (χ2n) is 3.49. The maximum absolute atomic E-state index is 9.35. The molecule has 14 heavy (non-hydrogen) atoms. The molecule has 0 radical (unpaired) electrons. The van der Waals surface area contributed by atoms with Crippen LogP contribution in [0.5, 0.6) is 5.75 Å². The molecule has 0 saturated heterocycles. The van der Waals surface area contributed by atoms with Gasteiger partial charge >= 0.3 is 0 Å². The van der Waals surface area contributed by atoms with E-state index in [1.54, 1.807) is 6.92 Å². The van der Waals surface area contributed by atoms with E-state index in [9.17, 15) is 5.11 Å². The van der Waals surface area contributed by atoms with Gasteiger partial charge in [-0.25, -0.2) is 0 Å². The Labute approximate surface area is 84.8 Å². The molecule has 0 aliphatic heterocycles. The summed E-state index contributed by atoms with van der Waals surface area (Å²) in [6.45, 7) is 7.92. The number of benzene rings is 1. The van der Waals surface area contributed by atoms with Crippen molar-refractivity contribution in [2.24, 2.45) is 0 Å². The standard InChI is InChI=1S/C12H16O2/c1-9(2)8-14-12-6-4-5-11(7-12)10(3)13/h4-7,10,13H,1,8H2,2-3H3. The van der Waals surface area contributed by atoms with Gasteiger partial charge in [0.2, 0.25) is 0 Å². The molecule has 2 heteroatoms. The van der Waals surface area contributed by atoms with Crippen LogP contribution in [0.4, 0.5) is 0 Å². The molecule has 1 unspecified atom stereocenters. The fourth-order valence-corrected chi connectivity index (χ4v) is 1.07. The third kappa shape index (κ3) is 3.23. The number of hydrogen-bond donors (Lipinski definition) is 1. The molecule has 0 saturated carbocycles. The predicted octanol–water partition coefficient (Wildman–Crippen LogP) is 2.69. The van der Waals surface area contributed by atoms with Gasteiger partial charge in [0.25, 0.3) is 0 Å². The lowest BCUT2D eigenvalue weighted by atomic mass is 10.1. The summed E-state index contributed by atoms with van der Waals surface area (Å²) >= 11 is 0. The van der Waals surface area contributed by atoms with Gasteiger partial charge in [-0.2, -0.15) is 0 Å². The highest BCUT2D eigenvalue weighted by Crippen LogP contribution is 2.18. The SMILES string of the molecule is C=C(C)COc1cccc(C(C)O)c1. The van der Waals surface area contributed by atoms with Crippen molar-refractivity contribution in [3.05, 3.63) is 42.0 Å². The second kappa shape index (κ2) is 4.82. The number of ether oxygens (including phenoxy) is 1. The summed E-state index contributed by atoms with van der Waals surface area (Å²) in [6, 6.07) is 7.45. The van der Waals surface area contributed by atoms with Crippen molar-refractivity contribution >= 4 is 0 Å². The molecule has 1 N–H and O–H groups in total. The average Bonchev–Trinajstić information content (AvgIpc) is 2.15. The fraction of sp³-hybridized carbons (Fsp3) is 0.333. The zero-order valence-electron chi connectivity index (χ0n) is 8.66. The average molecular weight is 192 g/mol. The molecule has 2 nitrogen and oxygen atoms in total. The van der Waals surface area contributed by atoms with E-state index in [4.69, 9.17) is 4.74 Å². The molecule has 0 aliphatic carbocycles. The Bertz CT molecular complexity index is 316. The highest BCUT2D eigenvalue weighted by Gasteiger charge is 2.01. The van der Waals surface area contributed by atoms with Crippen LogP contribution in [0, 0.1) is 0 Å². The minimum atomic E-state index is -0.455. The lowest BCUT2D eigenvalue weighted by molar-refractivity contribution is 0.198. The number of aliphatic hydroxyl groups excluding tert-OH is 1. The van der Waals surface area contributed by atoms with E-state index in [1.165, 1.54) is 0 Å². The Hall–Kier alpha value is -1.28. The topological polar surface area (TPSA) is 29.5 Å². The van der Waals surface area contributed by atoms with Crippen LogP contribution >= 0.6 is 0 Å². The molecule has 1 aromatic rings. The van der Waals surface area contributed by atoms with Gasteiger partial charge in [0.15, 0.2) is 0 Å². The summed E-state index contributed by atoms with van der Waals surface area (Å²) in [4.78, 5) is 0. The van der Waals surface area contributed by atoms with E-state index < -0.39 is 6.10 Å². The highest BCUT2D eigenvalue weighted by atomic mass is 16.5. The van der Waals surface area contributed by atoms with Crippen molar-refractivity contribution < 1.29 is 9.84 Å². The van der Waals surface area contributed by atoms with Crippen molar-refractivity contribution in [1.29, 1.82) is 0 Å². The minimum Gasteiger partial charge on any atom is -0.489 e. The third-order valence-corrected chi connectivity index (χ3v) is 1.83. The van der Waals surface area contributed by atoms with Crippen LogP contribution in [0.1, 0.15) is 25.5 Å². The molecule has 0 amide bonds. The Kier molecular flexibility index (Phi) is 3.72. The summed E-state index contributed by atoms with van der Waals surface area (Å²) in [5.74, 6) is 0.770. The van der Waals surface area contributed by atoms with Crippen LogP contribution in [0.25, 0.3) is 0 Å². The van der Waals surface area contributed by atoms with Gasteiger partial charge in [0, 0.05) is 0 Å². The maximum atomic E-state index is 9.35. The molecule has 1 rings (SSSR count). The number of hydrogen-bond acceptors (Lipinski definition) is 2. The van der Waals surface area contributed by atoms with E-state index in [0.717, 1.165) is 16.9 Å². The first kappa shape index (κ1) is 10.8. The highest BCUT2D eigenvalue weighted by molar-refractivity contribution is 5.29. The zero-order valence-corrected chi connectivity index (χ0v) is 8.66. The van der Waals surface area contributed by atoms with Gasteiger partial charge in [-0.3, -0.25) is 0 Å². The molecule has 0 aliphatic rings. The monoisotopic (exact) mass is 192 g/mol. The van der Waals surface area contributed by atoms with Crippen molar-refractivity contribution in [2.45, 2.75) is 20.0 Å². The molecular weight excluding hydrogens is 176 g/mol. The summed E-state index contributed by atoms with van der Waals surface area (Å²) in [7, 11) is 0. The molecule has 0 spiro atoms. The van der Waals surface area contributed by atoms with Gasteiger partial charge < -0.3 is 9.84 Å². The normalized spacial score (nSPS) is 12.2. The van der Waals surface area contributed by atoms with E-state index in [2.05, 4.69) is 6.58 Å². The quantitative estimate of drug-likeness (QED) is 0.743. The van der Waals surface area contributed by atoms with Crippen LogP contribution in [0.3, 0.4) is 0 Å². The Balaban J connectivity index is 2.68. The molecule has 1 atom stereocenters. The molecule has 0 bridgehead atoms. The third-order valence-electron chi connectivity index (χ3n) is 1.83.